The lowest BCUT2D eigenvalue weighted by molar-refractivity contribution is -0.142. The van der Waals surface area contributed by atoms with Gasteiger partial charge < -0.3 is 5.43 Å². The number of carbonyl (C=O) groups excluding carboxylic acids is 2. The molecule has 0 spiro atoms. The van der Waals surface area contributed by atoms with Gasteiger partial charge in [-0.15, -0.1) is 0 Å². The molecule has 88 valence electrons. The van der Waals surface area contributed by atoms with Crippen molar-refractivity contribution in [2.24, 2.45) is 17.7 Å². The molecule has 1 aliphatic heterocycles. The van der Waals surface area contributed by atoms with Crippen LogP contribution in [-0.4, -0.2) is 21.7 Å². The lowest BCUT2D eigenvalue weighted by atomic mass is 10.3. The van der Waals surface area contributed by atoms with Crippen LogP contribution in [-0.2, 0) is 16.1 Å². The van der Waals surface area contributed by atoms with E-state index < -0.39 is 0 Å². The number of pyridine rings is 1. The van der Waals surface area contributed by atoms with Crippen LogP contribution < -0.4 is 11.3 Å². The molecule has 2 heterocycles. The molecule has 17 heavy (non-hydrogen) atoms. The van der Waals surface area contributed by atoms with E-state index in [4.69, 9.17) is 5.84 Å². The molecule has 2 amide bonds. The maximum Gasteiger partial charge on any atom is 0.233 e. The van der Waals surface area contributed by atoms with Crippen LogP contribution in [0.15, 0.2) is 18.3 Å². The first-order valence-electron chi connectivity index (χ1n) is 5.47. The number of anilines is 1. The highest BCUT2D eigenvalue weighted by Gasteiger charge is 2.58. The van der Waals surface area contributed by atoms with E-state index in [9.17, 15) is 9.59 Å². The number of nitrogens with one attached hydrogen (secondary N) is 1. The minimum absolute atomic E-state index is 0.0571. The Labute approximate surface area is 97.8 Å². The quantitative estimate of drug-likeness (QED) is 0.430. The van der Waals surface area contributed by atoms with Crippen molar-refractivity contribution in [2.45, 2.75) is 13.0 Å². The second-order valence-corrected chi connectivity index (χ2v) is 4.39. The fourth-order valence-electron chi connectivity index (χ4n) is 2.22. The number of carbonyl (C=O) groups is 2. The van der Waals surface area contributed by atoms with E-state index in [-0.39, 0.29) is 30.2 Å². The summed E-state index contributed by atoms with van der Waals surface area (Å²) in [7, 11) is 0. The summed E-state index contributed by atoms with van der Waals surface area (Å²) >= 11 is 0. The fourth-order valence-corrected chi connectivity index (χ4v) is 2.22. The minimum atomic E-state index is -0.0621. The Morgan fingerprint density at radius 2 is 2.12 bits per heavy atom. The van der Waals surface area contributed by atoms with Crippen molar-refractivity contribution in [3.8, 4) is 0 Å². The Morgan fingerprint density at radius 3 is 2.76 bits per heavy atom. The van der Waals surface area contributed by atoms with E-state index in [1.807, 2.05) is 0 Å². The van der Waals surface area contributed by atoms with Crippen molar-refractivity contribution >= 4 is 17.5 Å². The Balaban J connectivity index is 1.78. The van der Waals surface area contributed by atoms with Gasteiger partial charge in [-0.2, -0.15) is 0 Å². The highest BCUT2D eigenvalue weighted by atomic mass is 16.2. The molecule has 1 aliphatic carbocycles. The van der Waals surface area contributed by atoms with Crippen LogP contribution in [0.2, 0.25) is 0 Å². The van der Waals surface area contributed by atoms with Crippen LogP contribution in [0, 0.1) is 11.8 Å². The van der Waals surface area contributed by atoms with Crippen LogP contribution in [0.5, 0.6) is 0 Å². The number of nitrogens with zero attached hydrogens (tertiary/aromatic N) is 2. The van der Waals surface area contributed by atoms with Gasteiger partial charge in [-0.05, 0) is 18.6 Å². The van der Waals surface area contributed by atoms with Crippen LogP contribution in [0.1, 0.15) is 12.1 Å². The first kappa shape index (κ1) is 10.2. The number of hydrogen-bond donors (Lipinski definition) is 2. The number of imide groups is 1. The zero-order valence-corrected chi connectivity index (χ0v) is 9.09. The molecule has 2 atom stereocenters. The summed E-state index contributed by atoms with van der Waals surface area (Å²) in [6.45, 7) is 0.236. The topological polar surface area (TPSA) is 88.3 Å². The maximum absolute atomic E-state index is 11.8. The predicted molar refractivity (Wildman–Crippen MR) is 59.2 cm³/mol. The summed E-state index contributed by atoms with van der Waals surface area (Å²) in [5.74, 6) is 5.05. The number of hydrogen-bond acceptors (Lipinski definition) is 5. The van der Waals surface area contributed by atoms with Crippen molar-refractivity contribution in [3.63, 3.8) is 0 Å². The molecule has 0 radical (unpaired) electrons. The third-order valence-corrected chi connectivity index (χ3v) is 3.26. The third kappa shape index (κ3) is 1.57. The van der Waals surface area contributed by atoms with Crippen molar-refractivity contribution in [2.75, 3.05) is 5.43 Å². The summed E-state index contributed by atoms with van der Waals surface area (Å²) in [6.07, 6.45) is 2.32. The predicted octanol–water partition coefficient (Wildman–Crippen LogP) is -0.128. The SMILES string of the molecule is NNc1ccnc(CN2C(=O)C3CC3C2=O)c1. The monoisotopic (exact) mass is 232 g/mol. The van der Waals surface area contributed by atoms with E-state index >= 15 is 0 Å². The first-order chi connectivity index (χ1) is 8.20. The van der Waals surface area contributed by atoms with E-state index in [0.717, 1.165) is 6.42 Å². The zero-order valence-electron chi connectivity index (χ0n) is 9.09. The molecule has 1 saturated heterocycles. The van der Waals surface area contributed by atoms with Gasteiger partial charge in [0.15, 0.2) is 0 Å². The second kappa shape index (κ2) is 3.53. The smallest absolute Gasteiger partial charge is 0.233 e. The lowest BCUT2D eigenvalue weighted by Gasteiger charge is -2.15. The number of aromatic nitrogens is 1. The third-order valence-electron chi connectivity index (χ3n) is 3.26. The number of rotatable bonds is 3. The summed E-state index contributed by atoms with van der Waals surface area (Å²) in [6, 6.07) is 3.44. The van der Waals surface area contributed by atoms with Gasteiger partial charge in [0.1, 0.15) is 0 Å². The molecule has 6 heteroatoms. The number of nitrogen functional groups attached to an aromatic ring is 1. The van der Waals surface area contributed by atoms with Crippen molar-refractivity contribution in [3.05, 3.63) is 24.0 Å². The van der Waals surface area contributed by atoms with Gasteiger partial charge in [-0.1, -0.05) is 0 Å². The number of likely N-dealkylation sites (tertiary alicyclic amines) is 1. The normalized spacial score (nSPS) is 26.1. The van der Waals surface area contributed by atoms with Gasteiger partial charge in [0.05, 0.1) is 29.8 Å². The summed E-state index contributed by atoms with van der Waals surface area (Å²) in [5.41, 5.74) is 3.87. The zero-order chi connectivity index (χ0) is 12.0. The van der Waals surface area contributed by atoms with Crippen LogP contribution in [0.3, 0.4) is 0 Å². The molecule has 0 bridgehead atoms. The van der Waals surface area contributed by atoms with Crippen LogP contribution in [0.4, 0.5) is 5.69 Å². The second-order valence-electron chi connectivity index (χ2n) is 4.39. The molecule has 2 aliphatic rings. The standard InChI is InChI=1S/C11H12N4O2/c12-14-6-1-2-13-7(3-6)5-15-10(16)8-4-9(8)11(15)17/h1-3,8-9H,4-5,12H2,(H,13,14). The summed E-state index contributed by atoms with van der Waals surface area (Å²) in [4.78, 5) is 28.9. The molecule has 2 unspecified atom stereocenters. The lowest BCUT2D eigenvalue weighted by Crippen LogP contribution is -2.32. The molecule has 3 N–H and O–H groups in total. The Bertz CT molecular complexity index is 482. The van der Waals surface area contributed by atoms with Gasteiger partial charge >= 0.3 is 0 Å². The molecule has 1 saturated carbocycles. The van der Waals surface area contributed by atoms with Gasteiger partial charge in [0.2, 0.25) is 11.8 Å². The van der Waals surface area contributed by atoms with Crippen LogP contribution in [0.25, 0.3) is 0 Å². The first-order valence-corrected chi connectivity index (χ1v) is 5.47. The molecule has 1 aromatic rings. The highest BCUT2D eigenvalue weighted by Crippen LogP contribution is 2.47. The largest absolute Gasteiger partial charge is 0.324 e. The van der Waals surface area contributed by atoms with E-state index in [2.05, 4.69) is 10.4 Å². The Hall–Kier alpha value is -1.95. The molecular weight excluding hydrogens is 220 g/mol. The summed E-state index contributed by atoms with van der Waals surface area (Å²) < 4.78 is 0. The number of nitrogens with two attached hydrogens (primary N) is 1. The number of amides is 2. The van der Waals surface area contributed by atoms with Gasteiger partial charge in [-0.25, -0.2) is 0 Å². The van der Waals surface area contributed by atoms with Gasteiger partial charge in [0, 0.05) is 6.20 Å². The molecule has 6 nitrogen and oxygen atoms in total. The molecule has 3 rings (SSSR count). The van der Waals surface area contributed by atoms with Crippen molar-refractivity contribution in [1.82, 2.24) is 9.88 Å². The van der Waals surface area contributed by atoms with E-state index in [1.165, 1.54) is 4.90 Å². The van der Waals surface area contributed by atoms with E-state index in [0.29, 0.717) is 11.4 Å². The number of piperidine rings is 1. The minimum Gasteiger partial charge on any atom is -0.324 e. The Kier molecular flexibility index (Phi) is 2.12. The fraction of sp³-hybridized carbons (Fsp3) is 0.364. The number of fused-ring (bicyclic) bond motifs is 1. The average Bonchev–Trinajstić information content (AvgIpc) is 3.10. The van der Waals surface area contributed by atoms with Gasteiger partial charge in [0.25, 0.3) is 0 Å². The molecule has 1 aromatic heterocycles. The number of hydrazine groups is 1. The van der Waals surface area contributed by atoms with Gasteiger partial charge in [-0.3, -0.25) is 25.3 Å². The molecular formula is C11H12N4O2. The van der Waals surface area contributed by atoms with E-state index in [1.54, 1.807) is 18.3 Å². The van der Waals surface area contributed by atoms with Crippen molar-refractivity contribution < 1.29 is 9.59 Å². The summed E-state index contributed by atoms with van der Waals surface area (Å²) in [5, 5.41) is 0. The van der Waals surface area contributed by atoms with Crippen LogP contribution >= 0.6 is 0 Å². The van der Waals surface area contributed by atoms with Crippen molar-refractivity contribution in [1.29, 1.82) is 0 Å². The highest BCUT2D eigenvalue weighted by molar-refractivity contribution is 6.08. The molecule has 0 aromatic carbocycles. The average molecular weight is 232 g/mol. The molecule has 2 fully saturated rings. The Morgan fingerprint density at radius 1 is 1.41 bits per heavy atom. The maximum atomic E-state index is 11.8.